The SMILES string of the molecule is CCCCCN(CCCCC)C(=O)c1cc(N)c[nH]1. The summed E-state index contributed by atoms with van der Waals surface area (Å²) in [5, 5.41) is 0. The molecule has 0 spiro atoms. The number of carbonyl (C=O) groups is 1. The van der Waals surface area contributed by atoms with E-state index in [0.717, 1.165) is 25.9 Å². The molecule has 0 aliphatic rings. The van der Waals surface area contributed by atoms with Crippen LogP contribution in [-0.2, 0) is 0 Å². The Morgan fingerprint density at radius 2 is 1.74 bits per heavy atom. The van der Waals surface area contributed by atoms with Crippen molar-refractivity contribution < 1.29 is 4.79 Å². The lowest BCUT2D eigenvalue weighted by atomic mass is 10.2. The third kappa shape index (κ3) is 5.37. The summed E-state index contributed by atoms with van der Waals surface area (Å²) in [7, 11) is 0. The van der Waals surface area contributed by atoms with Crippen molar-refractivity contribution >= 4 is 11.6 Å². The predicted molar refractivity (Wildman–Crippen MR) is 80.2 cm³/mol. The number of nitrogen functional groups attached to an aromatic ring is 1. The molecule has 1 aromatic heterocycles. The smallest absolute Gasteiger partial charge is 0.270 e. The molecule has 108 valence electrons. The topological polar surface area (TPSA) is 62.1 Å². The Bertz CT molecular complexity index is 363. The maximum Gasteiger partial charge on any atom is 0.270 e. The van der Waals surface area contributed by atoms with Gasteiger partial charge in [-0.2, -0.15) is 0 Å². The van der Waals surface area contributed by atoms with E-state index in [1.165, 1.54) is 25.7 Å². The van der Waals surface area contributed by atoms with Gasteiger partial charge in [-0.25, -0.2) is 0 Å². The maximum absolute atomic E-state index is 12.4. The number of hydrogen-bond acceptors (Lipinski definition) is 2. The first kappa shape index (κ1) is 15.6. The van der Waals surface area contributed by atoms with E-state index in [1.807, 2.05) is 4.90 Å². The van der Waals surface area contributed by atoms with Crippen LogP contribution in [0.4, 0.5) is 5.69 Å². The van der Waals surface area contributed by atoms with Crippen LogP contribution >= 0.6 is 0 Å². The molecule has 0 unspecified atom stereocenters. The molecule has 0 aromatic carbocycles. The third-order valence-corrected chi connectivity index (χ3v) is 3.29. The number of amides is 1. The number of nitrogens with one attached hydrogen (secondary N) is 1. The largest absolute Gasteiger partial charge is 0.397 e. The zero-order valence-electron chi connectivity index (χ0n) is 12.2. The van der Waals surface area contributed by atoms with Crippen molar-refractivity contribution in [2.75, 3.05) is 18.8 Å². The first-order valence-corrected chi connectivity index (χ1v) is 7.42. The molecular weight excluding hydrogens is 238 g/mol. The summed E-state index contributed by atoms with van der Waals surface area (Å²) in [5.41, 5.74) is 6.88. The average Bonchev–Trinajstić information content (AvgIpc) is 2.83. The lowest BCUT2D eigenvalue weighted by Gasteiger charge is -2.22. The van der Waals surface area contributed by atoms with E-state index in [1.54, 1.807) is 12.3 Å². The Hall–Kier alpha value is -1.45. The van der Waals surface area contributed by atoms with Crippen molar-refractivity contribution in [1.29, 1.82) is 0 Å². The van der Waals surface area contributed by atoms with Crippen molar-refractivity contribution in [1.82, 2.24) is 9.88 Å². The van der Waals surface area contributed by atoms with Crippen LogP contribution in [0.5, 0.6) is 0 Å². The number of H-pyrrole nitrogens is 1. The van der Waals surface area contributed by atoms with Crippen molar-refractivity contribution in [3.05, 3.63) is 18.0 Å². The molecule has 1 aromatic rings. The molecule has 0 bridgehead atoms. The van der Waals surface area contributed by atoms with Crippen LogP contribution in [0, 0.1) is 0 Å². The van der Waals surface area contributed by atoms with E-state index in [2.05, 4.69) is 18.8 Å². The van der Waals surface area contributed by atoms with E-state index in [-0.39, 0.29) is 5.91 Å². The minimum atomic E-state index is 0.0731. The van der Waals surface area contributed by atoms with Gasteiger partial charge in [0.2, 0.25) is 0 Å². The first-order chi connectivity index (χ1) is 9.19. The maximum atomic E-state index is 12.4. The van der Waals surface area contributed by atoms with E-state index in [4.69, 9.17) is 5.73 Å². The molecule has 0 saturated carbocycles. The van der Waals surface area contributed by atoms with Gasteiger partial charge in [0.05, 0.1) is 0 Å². The quantitative estimate of drug-likeness (QED) is 0.672. The van der Waals surface area contributed by atoms with Gasteiger partial charge in [0.15, 0.2) is 0 Å². The number of aromatic nitrogens is 1. The number of nitrogens with zero attached hydrogens (tertiary/aromatic N) is 1. The number of nitrogens with two attached hydrogens (primary N) is 1. The molecule has 0 radical (unpaired) electrons. The van der Waals surface area contributed by atoms with Crippen LogP contribution < -0.4 is 5.73 Å². The Balaban J connectivity index is 2.57. The van der Waals surface area contributed by atoms with Gasteiger partial charge in [-0.1, -0.05) is 39.5 Å². The van der Waals surface area contributed by atoms with Gasteiger partial charge >= 0.3 is 0 Å². The highest BCUT2D eigenvalue weighted by Gasteiger charge is 2.16. The Kier molecular flexibility index (Phi) is 7.08. The molecule has 0 fully saturated rings. The van der Waals surface area contributed by atoms with E-state index in [9.17, 15) is 4.79 Å². The number of carbonyl (C=O) groups excluding carboxylic acids is 1. The first-order valence-electron chi connectivity index (χ1n) is 7.42. The lowest BCUT2D eigenvalue weighted by molar-refractivity contribution is 0.0744. The van der Waals surface area contributed by atoms with Crippen molar-refractivity contribution in [2.24, 2.45) is 0 Å². The second kappa shape index (κ2) is 8.62. The molecule has 4 nitrogen and oxygen atoms in total. The summed E-state index contributed by atoms with van der Waals surface area (Å²) in [4.78, 5) is 17.3. The molecule has 1 amide bonds. The molecule has 19 heavy (non-hydrogen) atoms. The molecular formula is C15H27N3O. The van der Waals surface area contributed by atoms with Gasteiger partial charge in [0.1, 0.15) is 5.69 Å². The van der Waals surface area contributed by atoms with E-state index >= 15 is 0 Å². The predicted octanol–water partition coefficient (Wildman–Crippen LogP) is 3.42. The summed E-state index contributed by atoms with van der Waals surface area (Å²) in [6.45, 7) is 6.04. The minimum absolute atomic E-state index is 0.0731. The average molecular weight is 265 g/mol. The van der Waals surface area contributed by atoms with Crippen LogP contribution in [0.3, 0.4) is 0 Å². The van der Waals surface area contributed by atoms with Crippen molar-refractivity contribution in [2.45, 2.75) is 52.4 Å². The Labute approximate surface area is 116 Å². The molecule has 1 heterocycles. The normalized spacial score (nSPS) is 10.6. The summed E-state index contributed by atoms with van der Waals surface area (Å²) < 4.78 is 0. The molecule has 3 N–H and O–H groups in total. The van der Waals surface area contributed by atoms with E-state index in [0.29, 0.717) is 11.4 Å². The number of rotatable bonds is 9. The molecule has 0 aliphatic carbocycles. The zero-order chi connectivity index (χ0) is 14.1. The lowest BCUT2D eigenvalue weighted by Crippen LogP contribution is -2.33. The van der Waals surface area contributed by atoms with Crippen LogP contribution in [0.25, 0.3) is 0 Å². The van der Waals surface area contributed by atoms with Gasteiger partial charge in [-0.05, 0) is 18.9 Å². The fraction of sp³-hybridized carbons (Fsp3) is 0.667. The number of aromatic amines is 1. The standard InChI is InChI=1S/C15H27N3O/c1-3-5-7-9-18(10-8-6-4-2)15(19)14-11-13(16)12-17-14/h11-12,17H,3-10,16H2,1-2H3. The number of anilines is 1. The van der Waals surface area contributed by atoms with E-state index < -0.39 is 0 Å². The zero-order valence-corrected chi connectivity index (χ0v) is 12.2. The van der Waals surface area contributed by atoms with Crippen molar-refractivity contribution in [3.8, 4) is 0 Å². The van der Waals surface area contributed by atoms with Crippen LogP contribution in [0.15, 0.2) is 12.3 Å². The van der Waals surface area contributed by atoms with Crippen LogP contribution in [0.2, 0.25) is 0 Å². The third-order valence-electron chi connectivity index (χ3n) is 3.29. The summed E-state index contributed by atoms with van der Waals surface area (Å²) in [5.74, 6) is 0.0731. The van der Waals surface area contributed by atoms with Crippen molar-refractivity contribution in [3.63, 3.8) is 0 Å². The monoisotopic (exact) mass is 265 g/mol. The molecule has 0 aliphatic heterocycles. The molecule has 0 atom stereocenters. The highest BCUT2D eigenvalue weighted by molar-refractivity contribution is 5.93. The fourth-order valence-electron chi connectivity index (χ4n) is 2.13. The molecule has 0 saturated heterocycles. The van der Waals surface area contributed by atoms with Gasteiger partial charge < -0.3 is 15.6 Å². The minimum Gasteiger partial charge on any atom is -0.397 e. The summed E-state index contributed by atoms with van der Waals surface area (Å²) in [6, 6.07) is 1.72. The van der Waals surface area contributed by atoms with Crippen LogP contribution in [0.1, 0.15) is 62.9 Å². The summed E-state index contributed by atoms with van der Waals surface area (Å²) in [6.07, 6.45) is 8.51. The molecule has 4 heteroatoms. The van der Waals surface area contributed by atoms with Gasteiger partial charge in [-0.3, -0.25) is 4.79 Å². The van der Waals surface area contributed by atoms with Crippen LogP contribution in [-0.4, -0.2) is 28.9 Å². The number of hydrogen-bond donors (Lipinski definition) is 2. The highest BCUT2D eigenvalue weighted by Crippen LogP contribution is 2.11. The Morgan fingerprint density at radius 3 is 2.16 bits per heavy atom. The highest BCUT2D eigenvalue weighted by atomic mass is 16.2. The van der Waals surface area contributed by atoms with Gasteiger partial charge in [0.25, 0.3) is 5.91 Å². The van der Waals surface area contributed by atoms with Gasteiger partial charge in [-0.15, -0.1) is 0 Å². The summed E-state index contributed by atoms with van der Waals surface area (Å²) >= 11 is 0. The molecule has 1 rings (SSSR count). The van der Waals surface area contributed by atoms with Gasteiger partial charge in [0, 0.05) is 25.0 Å². The Morgan fingerprint density at radius 1 is 1.16 bits per heavy atom. The second-order valence-electron chi connectivity index (χ2n) is 5.05. The fourth-order valence-corrected chi connectivity index (χ4v) is 2.13. The number of unbranched alkanes of at least 4 members (excludes halogenated alkanes) is 4. The second-order valence-corrected chi connectivity index (χ2v) is 5.05.